The molecule has 1 aliphatic heterocycles. The third-order valence-corrected chi connectivity index (χ3v) is 5.44. The molecule has 0 saturated carbocycles. The number of nitrogens with one attached hydrogen (secondary N) is 1. The van der Waals surface area contributed by atoms with E-state index in [-0.39, 0.29) is 0 Å². The number of imidazole rings is 1. The van der Waals surface area contributed by atoms with Crippen molar-refractivity contribution in [3.8, 4) is 5.75 Å². The van der Waals surface area contributed by atoms with E-state index < -0.39 is 6.10 Å². The zero-order valence-electron chi connectivity index (χ0n) is 17.8. The van der Waals surface area contributed by atoms with Gasteiger partial charge in [-0.1, -0.05) is 12.1 Å². The summed E-state index contributed by atoms with van der Waals surface area (Å²) in [5.41, 5.74) is 1.23. The van der Waals surface area contributed by atoms with Gasteiger partial charge in [-0.05, 0) is 44.6 Å². The molecule has 1 aliphatic rings. The minimum atomic E-state index is -0.459. The largest absolute Gasteiger partial charge is 0.491 e. The molecule has 1 atom stereocenters. The number of β-amino-alcohol motifs (C(OH)–C–C–N with tert-alkyl or cyclic N) is 1. The molecule has 1 aromatic carbocycles. The highest BCUT2D eigenvalue weighted by molar-refractivity contribution is 5.27. The van der Waals surface area contributed by atoms with Crippen molar-refractivity contribution < 1.29 is 9.84 Å². The number of aliphatic hydroxyl groups excluding tert-OH is 1. The second-order valence-corrected chi connectivity index (χ2v) is 7.91. The Morgan fingerprint density at radius 1 is 1.17 bits per heavy atom. The van der Waals surface area contributed by atoms with Gasteiger partial charge in [-0.3, -0.25) is 4.90 Å². The Labute approximate surface area is 174 Å². The van der Waals surface area contributed by atoms with Gasteiger partial charge in [0.25, 0.3) is 0 Å². The maximum Gasteiger partial charge on any atom is 0.119 e. The highest BCUT2D eigenvalue weighted by Crippen LogP contribution is 2.13. The zero-order chi connectivity index (χ0) is 20.5. The van der Waals surface area contributed by atoms with Crippen LogP contribution in [-0.2, 0) is 13.1 Å². The van der Waals surface area contributed by atoms with Gasteiger partial charge in [0.05, 0.1) is 0 Å². The molecule has 7 nitrogen and oxygen atoms in total. The van der Waals surface area contributed by atoms with Crippen LogP contribution in [0, 0.1) is 6.92 Å². The minimum Gasteiger partial charge on any atom is -0.491 e. The Balaban J connectivity index is 1.28. The van der Waals surface area contributed by atoms with E-state index >= 15 is 0 Å². The number of piperazine rings is 1. The van der Waals surface area contributed by atoms with E-state index in [4.69, 9.17) is 4.74 Å². The summed E-state index contributed by atoms with van der Waals surface area (Å²) >= 11 is 0. The summed E-state index contributed by atoms with van der Waals surface area (Å²) in [6, 6.07) is 8.12. The Morgan fingerprint density at radius 3 is 2.62 bits per heavy atom. The van der Waals surface area contributed by atoms with Crippen LogP contribution in [-0.4, -0.2) is 83.5 Å². The lowest BCUT2D eigenvalue weighted by Gasteiger charge is -2.33. The SMILES string of the molecule is Cc1nccn1CCCNCc1ccc(OCC(O)CN2CCN(C)CC2)cc1. The lowest BCUT2D eigenvalue weighted by atomic mass is 10.2. The molecule has 29 heavy (non-hydrogen) atoms. The van der Waals surface area contributed by atoms with Crippen molar-refractivity contribution >= 4 is 0 Å². The van der Waals surface area contributed by atoms with E-state index in [1.54, 1.807) is 0 Å². The molecule has 1 saturated heterocycles. The molecule has 0 spiro atoms. The third-order valence-electron chi connectivity index (χ3n) is 5.44. The van der Waals surface area contributed by atoms with E-state index in [0.717, 1.165) is 63.8 Å². The van der Waals surface area contributed by atoms with Gasteiger partial charge in [0.1, 0.15) is 24.3 Å². The maximum absolute atomic E-state index is 10.2. The molecular formula is C22H35N5O2. The Kier molecular flexibility index (Phi) is 8.49. The number of aliphatic hydroxyl groups is 1. The molecule has 3 rings (SSSR count). The van der Waals surface area contributed by atoms with E-state index in [0.29, 0.717) is 13.2 Å². The Bertz CT molecular complexity index is 710. The first-order valence-corrected chi connectivity index (χ1v) is 10.6. The number of aryl methyl sites for hydroxylation is 2. The molecule has 2 N–H and O–H groups in total. The van der Waals surface area contributed by atoms with E-state index in [2.05, 4.69) is 43.8 Å². The van der Waals surface area contributed by atoms with Crippen molar-refractivity contribution in [2.75, 3.05) is 52.9 Å². The molecule has 1 aromatic heterocycles. The standard InChI is InChI=1S/C22H35N5O2/c1-19-24-9-11-27(19)10-3-8-23-16-20-4-6-22(7-5-20)29-18-21(28)17-26-14-12-25(2)13-15-26/h4-7,9,11,21,23,28H,3,8,10,12-18H2,1-2H3. The summed E-state index contributed by atoms with van der Waals surface area (Å²) in [4.78, 5) is 8.86. The fourth-order valence-corrected chi connectivity index (χ4v) is 3.52. The first kappa shape index (κ1) is 21.8. The summed E-state index contributed by atoms with van der Waals surface area (Å²) in [5, 5.41) is 13.7. The van der Waals surface area contributed by atoms with Crippen LogP contribution in [0.1, 0.15) is 17.8 Å². The molecule has 0 bridgehead atoms. The van der Waals surface area contributed by atoms with Crippen LogP contribution in [0.3, 0.4) is 0 Å². The first-order chi connectivity index (χ1) is 14.1. The van der Waals surface area contributed by atoms with Crippen LogP contribution >= 0.6 is 0 Å². The highest BCUT2D eigenvalue weighted by Gasteiger charge is 2.17. The number of rotatable bonds is 11. The number of hydrogen-bond acceptors (Lipinski definition) is 6. The fourth-order valence-electron chi connectivity index (χ4n) is 3.52. The van der Waals surface area contributed by atoms with Gasteiger partial charge in [-0.2, -0.15) is 0 Å². The quantitative estimate of drug-likeness (QED) is 0.555. The third kappa shape index (κ3) is 7.44. The van der Waals surface area contributed by atoms with E-state index in [9.17, 15) is 5.11 Å². The number of aromatic nitrogens is 2. The van der Waals surface area contributed by atoms with Crippen molar-refractivity contribution in [1.82, 2.24) is 24.7 Å². The van der Waals surface area contributed by atoms with Crippen LogP contribution in [0.25, 0.3) is 0 Å². The van der Waals surface area contributed by atoms with Crippen molar-refractivity contribution in [1.29, 1.82) is 0 Å². The smallest absolute Gasteiger partial charge is 0.119 e. The summed E-state index contributed by atoms with van der Waals surface area (Å²) in [7, 11) is 2.14. The molecule has 160 valence electrons. The second-order valence-electron chi connectivity index (χ2n) is 7.91. The molecule has 1 unspecified atom stereocenters. The van der Waals surface area contributed by atoms with Crippen LogP contribution < -0.4 is 10.1 Å². The number of ether oxygens (including phenoxy) is 1. The lowest BCUT2D eigenvalue weighted by Crippen LogP contribution is -2.47. The highest BCUT2D eigenvalue weighted by atomic mass is 16.5. The van der Waals surface area contributed by atoms with Crippen molar-refractivity contribution in [2.45, 2.75) is 32.5 Å². The molecule has 1 fully saturated rings. The average molecular weight is 402 g/mol. The Morgan fingerprint density at radius 2 is 1.93 bits per heavy atom. The van der Waals surface area contributed by atoms with E-state index in [1.165, 1.54) is 5.56 Å². The van der Waals surface area contributed by atoms with Crippen molar-refractivity contribution in [2.24, 2.45) is 0 Å². The van der Waals surface area contributed by atoms with E-state index in [1.807, 2.05) is 31.5 Å². The molecule has 7 heteroatoms. The van der Waals surface area contributed by atoms with Gasteiger partial charge >= 0.3 is 0 Å². The number of nitrogens with zero attached hydrogens (tertiary/aromatic N) is 4. The predicted molar refractivity (Wildman–Crippen MR) is 115 cm³/mol. The van der Waals surface area contributed by atoms with Gasteiger partial charge in [0, 0.05) is 58.2 Å². The van der Waals surface area contributed by atoms with Crippen LogP contribution in [0.15, 0.2) is 36.7 Å². The zero-order valence-corrected chi connectivity index (χ0v) is 17.8. The topological polar surface area (TPSA) is 65.8 Å². The number of hydrogen-bond donors (Lipinski definition) is 2. The molecule has 2 aromatic rings. The first-order valence-electron chi connectivity index (χ1n) is 10.6. The summed E-state index contributed by atoms with van der Waals surface area (Å²) in [6.45, 7) is 9.98. The minimum absolute atomic E-state index is 0.331. The van der Waals surface area contributed by atoms with Gasteiger partial charge < -0.3 is 24.6 Å². The van der Waals surface area contributed by atoms with Gasteiger partial charge in [-0.25, -0.2) is 4.98 Å². The number of likely N-dealkylation sites (N-methyl/N-ethyl adjacent to an activating group) is 1. The van der Waals surface area contributed by atoms with Gasteiger partial charge in [-0.15, -0.1) is 0 Å². The normalized spacial score (nSPS) is 16.8. The predicted octanol–water partition coefficient (Wildman–Crippen LogP) is 1.36. The van der Waals surface area contributed by atoms with Crippen molar-refractivity contribution in [3.05, 3.63) is 48.0 Å². The average Bonchev–Trinajstić information content (AvgIpc) is 3.13. The summed E-state index contributed by atoms with van der Waals surface area (Å²) < 4.78 is 7.94. The molecule has 0 amide bonds. The second kappa shape index (κ2) is 11.3. The molecular weight excluding hydrogens is 366 g/mol. The van der Waals surface area contributed by atoms with Crippen LogP contribution in [0.2, 0.25) is 0 Å². The summed E-state index contributed by atoms with van der Waals surface area (Å²) in [5.74, 6) is 1.87. The fraction of sp³-hybridized carbons (Fsp3) is 0.591. The van der Waals surface area contributed by atoms with Crippen molar-refractivity contribution in [3.63, 3.8) is 0 Å². The maximum atomic E-state index is 10.2. The van der Waals surface area contributed by atoms with Crippen LogP contribution in [0.5, 0.6) is 5.75 Å². The molecule has 0 aliphatic carbocycles. The van der Waals surface area contributed by atoms with Gasteiger partial charge in [0.15, 0.2) is 0 Å². The molecule has 2 heterocycles. The molecule has 0 radical (unpaired) electrons. The van der Waals surface area contributed by atoms with Crippen LogP contribution in [0.4, 0.5) is 0 Å². The Hall–Kier alpha value is -1.93. The number of benzene rings is 1. The summed E-state index contributed by atoms with van der Waals surface area (Å²) in [6.07, 6.45) is 4.48. The van der Waals surface area contributed by atoms with Gasteiger partial charge in [0.2, 0.25) is 0 Å². The lowest BCUT2D eigenvalue weighted by molar-refractivity contribution is 0.0505. The monoisotopic (exact) mass is 401 g/mol.